The zero-order valence-corrected chi connectivity index (χ0v) is 16.4. The highest BCUT2D eigenvalue weighted by atomic mass is 16.5. The van der Waals surface area contributed by atoms with Crippen molar-refractivity contribution in [2.24, 2.45) is 0 Å². The fourth-order valence-electron chi connectivity index (χ4n) is 3.32. The molecule has 0 unspecified atom stereocenters. The third-order valence-corrected chi connectivity index (χ3v) is 4.83. The standard InChI is InChI=1S/C23H28N2O3/c1-2-28-21-11-8-19(9-12-21)10-13-23(26)24-22(20-6-4-3-5-7-20)18-25-14-16-27-17-15-25/h3-13,22H,2,14-18H2,1H3,(H,24,26)/p+1/b13-10+/t22-/m0/s1. The SMILES string of the molecule is CCOc1ccc(/C=C/C(=O)N[C@@H](C[NH+]2CCOCC2)c2ccccc2)cc1. The summed E-state index contributed by atoms with van der Waals surface area (Å²) in [5, 5.41) is 3.17. The largest absolute Gasteiger partial charge is 0.494 e. The summed E-state index contributed by atoms with van der Waals surface area (Å²) in [6.45, 7) is 6.97. The van der Waals surface area contributed by atoms with Gasteiger partial charge in [0.15, 0.2) is 0 Å². The Morgan fingerprint density at radius 1 is 1.14 bits per heavy atom. The fourth-order valence-corrected chi connectivity index (χ4v) is 3.32. The fraction of sp³-hybridized carbons (Fsp3) is 0.348. The van der Waals surface area contributed by atoms with Crippen molar-refractivity contribution in [3.05, 3.63) is 71.8 Å². The maximum atomic E-state index is 12.6. The lowest BCUT2D eigenvalue weighted by Crippen LogP contribution is -3.14. The summed E-state index contributed by atoms with van der Waals surface area (Å²) in [6, 6.07) is 17.9. The third kappa shape index (κ3) is 6.22. The van der Waals surface area contributed by atoms with Crippen LogP contribution in [0.5, 0.6) is 5.75 Å². The van der Waals surface area contributed by atoms with Gasteiger partial charge >= 0.3 is 0 Å². The van der Waals surface area contributed by atoms with Crippen LogP contribution in [0.4, 0.5) is 0 Å². The molecule has 2 aromatic carbocycles. The van der Waals surface area contributed by atoms with Gasteiger partial charge in [0.2, 0.25) is 5.91 Å². The minimum Gasteiger partial charge on any atom is -0.494 e. The molecule has 1 saturated heterocycles. The molecule has 1 aliphatic rings. The van der Waals surface area contributed by atoms with E-state index in [1.165, 1.54) is 4.90 Å². The van der Waals surface area contributed by atoms with Gasteiger partial charge in [0.25, 0.3) is 0 Å². The summed E-state index contributed by atoms with van der Waals surface area (Å²) < 4.78 is 10.9. The Labute approximate surface area is 167 Å². The van der Waals surface area contributed by atoms with E-state index in [2.05, 4.69) is 17.4 Å². The number of nitrogens with one attached hydrogen (secondary N) is 2. The second-order valence-corrected chi connectivity index (χ2v) is 6.87. The Hall–Kier alpha value is -2.63. The molecule has 0 aliphatic carbocycles. The molecule has 5 nitrogen and oxygen atoms in total. The molecule has 0 bridgehead atoms. The Morgan fingerprint density at radius 3 is 2.54 bits per heavy atom. The maximum Gasteiger partial charge on any atom is 0.244 e. The van der Waals surface area contributed by atoms with E-state index in [-0.39, 0.29) is 11.9 Å². The number of rotatable bonds is 8. The zero-order valence-electron chi connectivity index (χ0n) is 16.4. The number of hydrogen-bond acceptors (Lipinski definition) is 3. The smallest absolute Gasteiger partial charge is 0.244 e. The van der Waals surface area contributed by atoms with E-state index < -0.39 is 0 Å². The topological polar surface area (TPSA) is 52.0 Å². The molecule has 2 N–H and O–H groups in total. The van der Waals surface area contributed by atoms with Gasteiger partial charge in [0, 0.05) is 6.08 Å². The first-order valence-electron chi connectivity index (χ1n) is 9.92. The minimum atomic E-state index is -0.0876. The predicted molar refractivity (Wildman–Crippen MR) is 110 cm³/mol. The van der Waals surface area contributed by atoms with Crippen molar-refractivity contribution in [1.29, 1.82) is 0 Å². The van der Waals surface area contributed by atoms with E-state index >= 15 is 0 Å². The van der Waals surface area contributed by atoms with Gasteiger partial charge in [-0.25, -0.2) is 0 Å². The summed E-state index contributed by atoms with van der Waals surface area (Å²) >= 11 is 0. The Morgan fingerprint density at radius 2 is 1.86 bits per heavy atom. The molecule has 0 aromatic heterocycles. The highest BCUT2D eigenvalue weighted by molar-refractivity contribution is 5.92. The van der Waals surface area contributed by atoms with Crippen molar-refractivity contribution in [3.63, 3.8) is 0 Å². The van der Waals surface area contributed by atoms with Crippen LogP contribution < -0.4 is 15.0 Å². The van der Waals surface area contributed by atoms with E-state index in [0.29, 0.717) is 6.61 Å². The highest BCUT2D eigenvalue weighted by Crippen LogP contribution is 2.14. The normalized spacial score (nSPS) is 16.0. The molecule has 0 radical (unpaired) electrons. The third-order valence-electron chi connectivity index (χ3n) is 4.83. The van der Waals surface area contributed by atoms with Crippen LogP contribution in [-0.2, 0) is 9.53 Å². The first kappa shape index (κ1) is 20.1. The van der Waals surface area contributed by atoms with Crippen molar-refractivity contribution in [1.82, 2.24) is 5.32 Å². The van der Waals surface area contributed by atoms with Crippen LogP contribution >= 0.6 is 0 Å². The number of carbonyl (C=O) groups excluding carboxylic acids is 1. The number of quaternary nitrogens is 1. The van der Waals surface area contributed by atoms with Crippen LogP contribution in [0.2, 0.25) is 0 Å². The lowest BCUT2D eigenvalue weighted by Gasteiger charge is -2.28. The number of ether oxygens (including phenoxy) is 2. The van der Waals surface area contributed by atoms with E-state index in [1.54, 1.807) is 6.08 Å². The van der Waals surface area contributed by atoms with E-state index in [0.717, 1.165) is 49.7 Å². The van der Waals surface area contributed by atoms with Crippen molar-refractivity contribution in [3.8, 4) is 5.75 Å². The molecule has 0 spiro atoms. The quantitative estimate of drug-likeness (QED) is 0.687. The van der Waals surface area contributed by atoms with E-state index in [1.807, 2.05) is 55.5 Å². The molecule has 28 heavy (non-hydrogen) atoms. The molecule has 2 aromatic rings. The Bertz CT molecular complexity index is 753. The number of amides is 1. The van der Waals surface area contributed by atoms with Gasteiger partial charge in [-0.15, -0.1) is 0 Å². The lowest BCUT2D eigenvalue weighted by molar-refractivity contribution is -0.909. The minimum absolute atomic E-state index is 0.0215. The molecular weight excluding hydrogens is 352 g/mol. The molecule has 5 heteroatoms. The summed E-state index contributed by atoms with van der Waals surface area (Å²) in [7, 11) is 0. The summed E-state index contributed by atoms with van der Waals surface area (Å²) in [4.78, 5) is 14.0. The number of morpholine rings is 1. The summed E-state index contributed by atoms with van der Waals surface area (Å²) in [5.41, 5.74) is 2.10. The second-order valence-electron chi connectivity index (χ2n) is 6.87. The monoisotopic (exact) mass is 381 g/mol. The highest BCUT2D eigenvalue weighted by Gasteiger charge is 2.22. The second kappa shape index (κ2) is 10.6. The van der Waals surface area contributed by atoms with E-state index in [9.17, 15) is 4.79 Å². The Kier molecular flexibility index (Phi) is 7.64. The molecule has 1 aliphatic heterocycles. The maximum absolute atomic E-state index is 12.6. The molecular formula is C23H29N2O3+. The van der Waals surface area contributed by atoms with Crippen LogP contribution in [0.15, 0.2) is 60.7 Å². The molecule has 1 fully saturated rings. The summed E-state index contributed by atoms with van der Waals surface area (Å²) in [5.74, 6) is 0.747. The van der Waals surface area contributed by atoms with E-state index in [4.69, 9.17) is 9.47 Å². The molecule has 1 amide bonds. The molecule has 1 heterocycles. The van der Waals surface area contributed by atoms with Crippen molar-refractivity contribution in [2.45, 2.75) is 13.0 Å². The van der Waals surface area contributed by atoms with Gasteiger partial charge in [0.05, 0.1) is 19.8 Å². The van der Waals surface area contributed by atoms with Crippen LogP contribution in [0.1, 0.15) is 24.1 Å². The number of hydrogen-bond donors (Lipinski definition) is 2. The lowest BCUT2D eigenvalue weighted by atomic mass is 10.1. The number of carbonyl (C=O) groups is 1. The average Bonchev–Trinajstić information content (AvgIpc) is 2.74. The van der Waals surface area contributed by atoms with Crippen molar-refractivity contribution in [2.75, 3.05) is 39.5 Å². The molecule has 3 rings (SSSR count). The predicted octanol–water partition coefficient (Wildman–Crippen LogP) is 1.87. The molecule has 1 atom stereocenters. The van der Waals surface area contributed by atoms with Gasteiger partial charge in [-0.05, 0) is 36.3 Å². The van der Waals surface area contributed by atoms with Gasteiger partial charge in [-0.2, -0.15) is 0 Å². The van der Waals surface area contributed by atoms with Gasteiger partial charge in [0.1, 0.15) is 31.4 Å². The molecule has 0 saturated carbocycles. The van der Waals surface area contributed by atoms with Crippen LogP contribution in [0.3, 0.4) is 0 Å². The zero-order chi connectivity index (χ0) is 19.6. The van der Waals surface area contributed by atoms with Gasteiger partial charge in [-0.3, -0.25) is 4.79 Å². The molecule has 148 valence electrons. The first-order valence-corrected chi connectivity index (χ1v) is 9.92. The van der Waals surface area contributed by atoms with Crippen molar-refractivity contribution >= 4 is 12.0 Å². The average molecular weight is 381 g/mol. The van der Waals surface area contributed by atoms with Gasteiger partial charge < -0.3 is 19.7 Å². The van der Waals surface area contributed by atoms with Crippen LogP contribution in [-0.4, -0.2) is 45.4 Å². The van der Waals surface area contributed by atoms with Gasteiger partial charge in [-0.1, -0.05) is 42.5 Å². The summed E-state index contributed by atoms with van der Waals surface area (Å²) in [6.07, 6.45) is 3.43. The number of benzene rings is 2. The van der Waals surface area contributed by atoms with Crippen LogP contribution in [0.25, 0.3) is 6.08 Å². The Balaban J connectivity index is 1.62. The first-order chi connectivity index (χ1) is 13.7. The van der Waals surface area contributed by atoms with Crippen molar-refractivity contribution < 1.29 is 19.2 Å². The van der Waals surface area contributed by atoms with Crippen LogP contribution in [0, 0.1) is 0 Å².